The van der Waals surface area contributed by atoms with Crippen LogP contribution < -0.4 is 11.1 Å². The number of hydrogen-bond acceptors (Lipinski definition) is 6. The zero-order valence-corrected chi connectivity index (χ0v) is 21.7. The highest BCUT2D eigenvalue weighted by Crippen LogP contribution is 2.41. The topological polar surface area (TPSA) is 80.9 Å². The molecule has 6 rings (SSSR count). The van der Waals surface area contributed by atoms with Gasteiger partial charge in [-0.3, -0.25) is 10.1 Å². The highest BCUT2D eigenvalue weighted by molar-refractivity contribution is 7.21. The van der Waals surface area contributed by atoms with E-state index in [2.05, 4.69) is 10.3 Å². The minimum atomic E-state index is -0.319. The summed E-state index contributed by atoms with van der Waals surface area (Å²) in [7, 11) is 0. The van der Waals surface area contributed by atoms with Gasteiger partial charge in [0.15, 0.2) is 5.13 Å². The van der Waals surface area contributed by atoms with Crippen LogP contribution in [-0.4, -0.2) is 15.9 Å². The fourth-order valence-electron chi connectivity index (χ4n) is 4.17. The van der Waals surface area contributed by atoms with Crippen LogP contribution in [0.2, 0.25) is 5.02 Å². The van der Waals surface area contributed by atoms with E-state index in [4.69, 9.17) is 22.3 Å². The Labute approximate surface area is 226 Å². The van der Waals surface area contributed by atoms with E-state index < -0.39 is 0 Å². The Kier molecular flexibility index (Phi) is 6.18. The molecule has 8 heteroatoms. The van der Waals surface area contributed by atoms with Gasteiger partial charge in [-0.15, -0.1) is 22.7 Å². The van der Waals surface area contributed by atoms with E-state index in [0.29, 0.717) is 31.2 Å². The Morgan fingerprint density at radius 3 is 2.22 bits per heavy atom. The number of carbonyl (C=O) groups excluding carboxylic acids is 1. The molecule has 180 valence electrons. The smallest absolute Gasteiger partial charge is 0.269 e. The SMILES string of the molecule is Nc1c(C(=O)Nc2nc(-c3ccccc3Cl)cs2)sc2nc(-c3ccccc3)cc(-c3ccccc3)c12. The van der Waals surface area contributed by atoms with Crippen molar-refractivity contribution >= 4 is 61.2 Å². The number of fused-ring (bicyclic) bond motifs is 1. The average Bonchev–Trinajstić information content (AvgIpc) is 3.53. The van der Waals surface area contributed by atoms with Gasteiger partial charge in [-0.25, -0.2) is 9.97 Å². The minimum Gasteiger partial charge on any atom is -0.397 e. The molecule has 0 bridgehead atoms. The predicted molar refractivity (Wildman–Crippen MR) is 155 cm³/mol. The molecule has 37 heavy (non-hydrogen) atoms. The zero-order chi connectivity index (χ0) is 25.4. The third-order valence-electron chi connectivity index (χ3n) is 5.93. The van der Waals surface area contributed by atoms with Gasteiger partial charge in [0.05, 0.1) is 17.1 Å². The molecule has 0 spiro atoms. The van der Waals surface area contributed by atoms with Crippen molar-refractivity contribution in [2.24, 2.45) is 0 Å². The summed E-state index contributed by atoms with van der Waals surface area (Å²) >= 11 is 8.93. The first-order chi connectivity index (χ1) is 18.1. The molecule has 0 aliphatic heterocycles. The normalized spacial score (nSPS) is 11.1. The Morgan fingerprint density at radius 1 is 0.811 bits per heavy atom. The molecule has 3 heterocycles. The first-order valence-electron chi connectivity index (χ1n) is 11.4. The maximum atomic E-state index is 13.4. The lowest BCUT2D eigenvalue weighted by Gasteiger charge is -2.09. The van der Waals surface area contributed by atoms with Crippen molar-refractivity contribution in [1.29, 1.82) is 0 Å². The van der Waals surface area contributed by atoms with Gasteiger partial charge in [0, 0.05) is 26.9 Å². The molecule has 3 aromatic heterocycles. The number of hydrogen-bond donors (Lipinski definition) is 2. The van der Waals surface area contributed by atoms with Gasteiger partial charge >= 0.3 is 0 Å². The number of anilines is 2. The van der Waals surface area contributed by atoms with Crippen LogP contribution in [0.25, 0.3) is 43.9 Å². The number of rotatable bonds is 5. The van der Waals surface area contributed by atoms with E-state index in [1.807, 2.05) is 96.4 Å². The van der Waals surface area contributed by atoms with Crippen LogP contribution in [0.1, 0.15) is 9.67 Å². The van der Waals surface area contributed by atoms with Crippen molar-refractivity contribution in [3.05, 3.63) is 106 Å². The summed E-state index contributed by atoms with van der Waals surface area (Å²) in [6, 6.07) is 29.5. The number of carbonyl (C=O) groups is 1. The standard InChI is InChI=1S/C29H19ClN4OS2/c30-21-14-8-7-13-19(21)23-16-36-29(33-23)34-27(35)26-25(31)24-20(17-9-3-1-4-10-17)15-22(32-28(24)37-26)18-11-5-2-6-12-18/h1-16H,31H2,(H,33,34,35). The summed E-state index contributed by atoms with van der Waals surface area (Å²) in [4.78, 5) is 23.9. The first-order valence-corrected chi connectivity index (χ1v) is 13.5. The number of nitrogens with two attached hydrogens (primary N) is 1. The molecule has 1 amide bonds. The third-order valence-corrected chi connectivity index (χ3v) is 8.12. The number of pyridine rings is 1. The number of halogens is 1. The van der Waals surface area contributed by atoms with Crippen LogP contribution in [0.5, 0.6) is 0 Å². The largest absolute Gasteiger partial charge is 0.397 e. The number of nitrogens with zero attached hydrogens (tertiary/aromatic N) is 2. The fourth-order valence-corrected chi connectivity index (χ4v) is 6.12. The lowest BCUT2D eigenvalue weighted by atomic mass is 9.99. The van der Waals surface area contributed by atoms with Crippen molar-refractivity contribution in [1.82, 2.24) is 9.97 Å². The Balaban J connectivity index is 1.41. The maximum absolute atomic E-state index is 13.4. The van der Waals surface area contributed by atoms with Gasteiger partial charge in [0.1, 0.15) is 9.71 Å². The number of nitrogen functional groups attached to an aromatic ring is 1. The summed E-state index contributed by atoms with van der Waals surface area (Å²) in [5.41, 5.74) is 12.3. The van der Waals surface area contributed by atoms with Crippen molar-refractivity contribution in [3.63, 3.8) is 0 Å². The van der Waals surface area contributed by atoms with Crippen LogP contribution in [0.4, 0.5) is 10.8 Å². The van der Waals surface area contributed by atoms with Gasteiger partial charge in [-0.05, 0) is 23.3 Å². The van der Waals surface area contributed by atoms with Crippen LogP contribution in [0.3, 0.4) is 0 Å². The minimum absolute atomic E-state index is 0.319. The van der Waals surface area contributed by atoms with Crippen molar-refractivity contribution in [2.75, 3.05) is 11.1 Å². The number of amides is 1. The summed E-state index contributed by atoms with van der Waals surface area (Å²) in [6.07, 6.45) is 0. The average molecular weight is 539 g/mol. The second-order valence-corrected chi connectivity index (χ2v) is 10.5. The molecule has 3 N–H and O–H groups in total. The van der Waals surface area contributed by atoms with Gasteiger partial charge in [-0.2, -0.15) is 0 Å². The Morgan fingerprint density at radius 2 is 1.49 bits per heavy atom. The van der Waals surface area contributed by atoms with E-state index in [1.54, 1.807) is 0 Å². The predicted octanol–water partition coefficient (Wildman–Crippen LogP) is 8.24. The molecule has 0 aliphatic carbocycles. The second kappa shape index (κ2) is 9.78. The molecule has 0 saturated heterocycles. The van der Waals surface area contributed by atoms with E-state index in [9.17, 15) is 4.79 Å². The quantitative estimate of drug-likeness (QED) is 0.231. The van der Waals surface area contributed by atoms with Crippen LogP contribution in [-0.2, 0) is 0 Å². The molecule has 0 saturated carbocycles. The van der Waals surface area contributed by atoms with Gasteiger partial charge in [0.2, 0.25) is 0 Å². The molecule has 5 nitrogen and oxygen atoms in total. The molecule has 0 radical (unpaired) electrons. The zero-order valence-electron chi connectivity index (χ0n) is 19.3. The van der Waals surface area contributed by atoms with Crippen molar-refractivity contribution < 1.29 is 4.79 Å². The lowest BCUT2D eigenvalue weighted by molar-refractivity contribution is 0.103. The summed E-state index contributed by atoms with van der Waals surface area (Å²) < 4.78 is 0. The summed E-state index contributed by atoms with van der Waals surface area (Å²) in [5.74, 6) is -0.319. The molecular formula is C29H19ClN4OS2. The molecule has 0 fully saturated rings. The van der Waals surface area contributed by atoms with Gasteiger partial charge < -0.3 is 5.73 Å². The molecule has 0 unspecified atom stereocenters. The van der Waals surface area contributed by atoms with Crippen LogP contribution in [0, 0.1) is 0 Å². The summed E-state index contributed by atoms with van der Waals surface area (Å²) in [6.45, 7) is 0. The first kappa shape index (κ1) is 23.4. The third kappa shape index (κ3) is 4.49. The van der Waals surface area contributed by atoms with Crippen LogP contribution >= 0.6 is 34.3 Å². The van der Waals surface area contributed by atoms with E-state index in [-0.39, 0.29) is 5.91 Å². The molecule has 0 aliphatic rings. The van der Waals surface area contributed by atoms with Crippen molar-refractivity contribution in [3.8, 4) is 33.6 Å². The Hall–Kier alpha value is -4.04. The van der Waals surface area contributed by atoms with Gasteiger partial charge in [0.25, 0.3) is 5.91 Å². The number of benzene rings is 3. The van der Waals surface area contributed by atoms with E-state index in [1.165, 1.54) is 22.7 Å². The fraction of sp³-hybridized carbons (Fsp3) is 0. The Bertz CT molecular complexity index is 1750. The molecule has 6 aromatic rings. The van der Waals surface area contributed by atoms with Crippen molar-refractivity contribution in [2.45, 2.75) is 0 Å². The van der Waals surface area contributed by atoms with Gasteiger partial charge in [-0.1, -0.05) is 90.5 Å². The highest BCUT2D eigenvalue weighted by atomic mass is 35.5. The van der Waals surface area contributed by atoms with Crippen LogP contribution in [0.15, 0.2) is 96.4 Å². The van der Waals surface area contributed by atoms with E-state index >= 15 is 0 Å². The molecular weight excluding hydrogens is 520 g/mol. The number of aromatic nitrogens is 2. The molecule has 0 atom stereocenters. The number of thiophene rings is 1. The maximum Gasteiger partial charge on any atom is 0.269 e. The second-order valence-electron chi connectivity index (χ2n) is 8.28. The number of thiazole rings is 1. The monoisotopic (exact) mass is 538 g/mol. The number of nitrogens with one attached hydrogen (secondary N) is 1. The van der Waals surface area contributed by atoms with E-state index in [0.717, 1.165) is 33.3 Å². The molecule has 3 aromatic carbocycles. The highest BCUT2D eigenvalue weighted by Gasteiger charge is 2.22. The summed E-state index contributed by atoms with van der Waals surface area (Å²) in [5, 5.41) is 6.62. The lowest BCUT2D eigenvalue weighted by Crippen LogP contribution is -2.11.